The van der Waals surface area contributed by atoms with Crippen molar-refractivity contribution in [1.29, 1.82) is 0 Å². The van der Waals surface area contributed by atoms with Gasteiger partial charge in [0.2, 0.25) is 5.91 Å². The number of carbonyl (C=O) groups excluding carboxylic acids is 1. The van der Waals surface area contributed by atoms with Gasteiger partial charge in [0, 0.05) is 24.5 Å². The SMILES string of the molecule is Cc1ccc(-c2cc3c4nnc(SCC(=O)NCc5ccc(F)cc5)n4ccn3n2)cc1. The lowest BCUT2D eigenvalue weighted by Gasteiger charge is -2.05. The van der Waals surface area contributed by atoms with Gasteiger partial charge in [-0.2, -0.15) is 5.10 Å². The molecule has 0 saturated heterocycles. The van der Waals surface area contributed by atoms with Crippen LogP contribution in [0.4, 0.5) is 4.39 Å². The molecule has 1 N–H and O–H groups in total. The van der Waals surface area contributed by atoms with Crippen LogP contribution in [0.2, 0.25) is 0 Å². The number of thioether (sulfide) groups is 1. The molecule has 160 valence electrons. The van der Waals surface area contributed by atoms with Gasteiger partial charge in [-0.3, -0.25) is 9.20 Å². The summed E-state index contributed by atoms with van der Waals surface area (Å²) in [4.78, 5) is 12.2. The van der Waals surface area contributed by atoms with Crippen molar-refractivity contribution in [2.75, 3.05) is 5.75 Å². The van der Waals surface area contributed by atoms with E-state index in [0.29, 0.717) is 17.3 Å². The van der Waals surface area contributed by atoms with E-state index in [0.717, 1.165) is 22.3 Å². The number of carbonyl (C=O) groups is 1. The number of halogens is 1. The largest absolute Gasteiger partial charge is 0.351 e. The minimum atomic E-state index is -0.299. The number of nitrogens with zero attached hydrogens (tertiary/aromatic N) is 5. The summed E-state index contributed by atoms with van der Waals surface area (Å²) in [5, 5.41) is 16.7. The first kappa shape index (κ1) is 20.2. The summed E-state index contributed by atoms with van der Waals surface area (Å²) < 4.78 is 16.6. The molecule has 5 aromatic rings. The average molecular weight is 447 g/mol. The summed E-state index contributed by atoms with van der Waals surface area (Å²) in [6.45, 7) is 2.40. The molecule has 3 heterocycles. The van der Waals surface area contributed by atoms with E-state index in [9.17, 15) is 9.18 Å². The Morgan fingerprint density at radius 2 is 1.84 bits per heavy atom. The molecule has 0 radical (unpaired) electrons. The lowest BCUT2D eigenvalue weighted by molar-refractivity contribution is -0.118. The minimum absolute atomic E-state index is 0.136. The molecule has 0 aliphatic heterocycles. The van der Waals surface area contributed by atoms with Gasteiger partial charge in [-0.25, -0.2) is 8.91 Å². The molecule has 0 aliphatic carbocycles. The number of amides is 1. The molecule has 0 bridgehead atoms. The predicted molar refractivity (Wildman–Crippen MR) is 121 cm³/mol. The number of nitrogens with one attached hydrogen (secondary N) is 1. The maximum atomic E-state index is 13.0. The van der Waals surface area contributed by atoms with Crippen LogP contribution >= 0.6 is 11.8 Å². The van der Waals surface area contributed by atoms with E-state index < -0.39 is 0 Å². The fraction of sp³-hybridized carbons (Fsp3) is 0.130. The van der Waals surface area contributed by atoms with E-state index in [2.05, 4.69) is 39.7 Å². The van der Waals surface area contributed by atoms with E-state index in [1.807, 2.05) is 35.0 Å². The molecule has 0 saturated carbocycles. The number of rotatable bonds is 6. The molecule has 0 aliphatic rings. The molecule has 32 heavy (non-hydrogen) atoms. The van der Waals surface area contributed by atoms with Gasteiger partial charge in [-0.15, -0.1) is 10.2 Å². The average Bonchev–Trinajstić information content (AvgIpc) is 3.41. The van der Waals surface area contributed by atoms with Crippen molar-refractivity contribution in [3.05, 3.63) is 83.9 Å². The van der Waals surface area contributed by atoms with Crippen molar-refractivity contribution >= 4 is 28.8 Å². The highest BCUT2D eigenvalue weighted by Gasteiger charge is 2.14. The summed E-state index contributed by atoms with van der Waals surface area (Å²) in [5.41, 5.74) is 5.43. The molecule has 2 aromatic carbocycles. The van der Waals surface area contributed by atoms with Crippen LogP contribution in [0.25, 0.3) is 22.4 Å². The van der Waals surface area contributed by atoms with Crippen LogP contribution in [0.1, 0.15) is 11.1 Å². The first-order chi connectivity index (χ1) is 15.6. The minimum Gasteiger partial charge on any atom is -0.351 e. The maximum absolute atomic E-state index is 13.0. The van der Waals surface area contributed by atoms with Gasteiger partial charge in [-0.1, -0.05) is 53.7 Å². The molecular weight excluding hydrogens is 427 g/mol. The first-order valence-corrected chi connectivity index (χ1v) is 11.0. The molecular formula is C23H19FN6OS. The van der Waals surface area contributed by atoms with Gasteiger partial charge in [0.05, 0.1) is 11.4 Å². The molecule has 7 nitrogen and oxygen atoms in total. The number of hydrogen-bond donors (Lipinski definition) is 1. The lowest BCUT2D eigenvalue weighted by atomic mass is 10.1. The van der Waals surface area contributed by atoms with Crippen molar-refractivity contribution in [1.82, 2.24) is 29.5 Å². The molecule has 0 spiro atoms. The number of benzene rings is 2. The van der Waals surface area contributed by atoms with Crippen LogP contribution in [-0.4, -0.2) is 35.9 Å². The lowest BCUT2D eigenvalue weighted by Crippen LogP contribution is -2.24. The van der Waals surface area contributed by atoms with Crippen LogP contribution in [-0.2, 0) is 11.3 Å². The van der Waals surface area contributed by atoms with Crippen molar-refractivity contribution in [3.63, 3.8) is 0 Å². The third-order valence-electron chi connectivity index (χ3n) is 5.07. The second-order valence-corrected chi connectivity index (χ2v) is 8.33. The first-order valence-electron chi connectivity index (χ1n) is 10.0. The van der Waals surface area contributed by atoms with Crippen molar-refractivity contribution in [3.8, 4) is 11.3 Å². The van der Waals surface area contributed by atoms with Gasteiger partial charge in [0.25, 0.3) is 0 Å². The van der Waals surface area contributed by atoms with Crippen LogP contribution in [0, 0.1) is 12.7 Å². The Morgan fingerprint density at radius 3 is 2.62 bits per heavy atom. The molecule has 0 atom stereocenters. The van der Waals surface area contributed by atoms with E-state index in [4.69, 9.17) is 0 Å². The third-order valence-corrected chi connectivity index (χ3v) is 6.01. The molecule has 0 unspecified atom stereocenters. The number of aryl methyl sites for hydroxylation is 1. The number of fused-ring (bicyclic) bond motifs is 3. The molecule has 9 heteroatoms. The van der Waals surface area contributed by atoms with Crippen LogP contribution in [0.3, 0.4) is 0 Å². The number of aromatic nitrogens is 5. The van der Waals surface area contributed by atoms with Crippen LogP contribution < -0.4 is 5.32 Å². The summed E-state index contributed by atoms with van der Waals surface area (Å²) in [6, 6.07) is 16.2. The highest BCUT2D eigenvalue weighted by molar-refractivity contribution is 7.99. The molecule has 5 rings (SSSR count). The Balaban J connectivity index is 1.30. The van der Waals surface area contributed by atoms with Crippen LogP contribution in [0.5, 0.6) is 0 Å². The topological polar surface area (TPSA) is 76.6 Å². The normalized spacial score (nSPS) is 11.3. The highest BCUT2D eigenvalue weighted by atomic mass is 32.2. The van der Waals surface area contributed by atoms with E-state index in [1.165, 1.54) is 29.5 Å². The highest BCUT2D eigenvalue weighted by Crippen LogP contribution is 2.24. The summed E-state index contributed by atoms with van der Waals surface area (Å²) in [7, 11) is 0. The maximum Gasteiger partial charge on any atom is 0.230 e. The Bertz CT molecular complexity index is 1410. The van der Waals surface area contributed by atoms with E-state index in [-0.39, 0.29) is 17.5 Å². The molecule has 0 fully saturated rings. The fourth-order valence-electron chi connectivity index (χ4n) is 3.34. The van der Waals surface area contributed by atoms with Crippen LogP contribution in [0.15, 0.2) is 72.1 Å². The zero-order valence-electron chi connectivity index (χ0n) is 17.2. The summed E-state index contributed by atoms with van der Waals surface area (Å²) >= 11 is 1.30. The summed E-state index contributed by atoms with van der Waals surface area (Å²) in [5.74, 6) is -0.239. The predicted octanol–water partition coefficient (Wildman–Crippen LogP) is 3.90. The zero-order chi connectivity index (χ0) is 22.1. The van der Waals surface area contributed by atoms with Gasteiger partial charge < -0.3 is 5.32 Å². The van der Waals surface area contributed by atoms with Crippen molar-refractivity contribution < 1.29 is 9.18 Å². The van der Waals surface area contributed by atoms with E-state index >= 15 is 0 Å². The second-order valence-electron chi connectivity index (χ2n) is 7.39. The van der Waals surface area contributed by atoms with Crippen molar-refractivity contribution in [2.45, 2.75) is 18.6 Å². The van der Waals surface area contributed by atoms with Gasteiger partial charge >= 0.3 is 0 Å². The Hall–Kier alpha value is -3.72. The third kappa shape index (κ3) is 4.06. The van der Waals surface area contributed by atoms with Crippen molar-refractivity contribution in [2.24, 2.45) is 0 Å². The standard InChI is InChI=1S/C23H19FN6OS/c1-15-2-6-17(7-3-15)19-12-20-22-26-27-23(29(22)10-11-30(20)28-19)32-14-21(31)25-13-16-4-8-18(24)9-5-16/h2-12H,13-14H2,1H3,(H,25,31). The second kappa shape index (κ2) is 8.43. The van der Waals surface area contributed by atoms with E-state index in [1.54, 1.807) is 16.6 Å². The quantitative estimate of drug-likeness (QED) is 0.401. The Labute approximate surface area is 187 Å². The Kier molecular flexibility index (Phi) is 5.32. The summed E-state index contributed by atoms with van der Waals surface area (Å²) in [6.07, 6.45) is 3.69. The fourth-order valence-corrected chi connectivity index (χ4v) is 4.09. The van der Waals surface area contributed by atoms with Gasteiger partial charge in [0.15, 0.2) is 10.8 Å². The van der Waals surface area contributed by atoms with Gasteiger partial charge in [-0.05, 0) is 30.7 Å². The smallest absolute Gasteiger partial charge is 0.230 e. The zero-order valence-corrected chi connectivity index (χ0v) is 18.0. The Morgan fingerprint density at radius 1 is 1.06 bits per heavy atom. The number of hydrogen-bond acceptors (Lipinski definition) is 5. The van der Waals surface area contributed by atoms with Gasteiger partial charge in [0.1, 0.15) is 11.3 Å². The molecule has 1 amide bonds. The molecule has 3 aromatic heterocycles. The monoisotopic (exact) mass is 446 g/mol.